The zero-order valence-corrected chi connectivity index (χ0v) is 12.0. The number of hydrogen-bond donors (Lipinski definition) is 0. The third-order valence-corrected chi connectivity index (χ3v) is 3.51. The Morgan fingerprint density at radius 3 is 2.55 bits per heavy atom. The highest BCUT2D eigenvalue weighted by molar-refractivity contribution is 5.24. The molecule has 1 aliphatic rings. The van der Waals surface area contributed by atoms with Crippen molar-refractivity contribution in [1.29, 1.82) is 0 Å². The van der Waals surface area contributed by atoms with Gasteiger partial charge in [0.25, 0.3) is 0 Å². The van der Waals surface area contributed by atoms with Crippen LogP contribution in [0.4, 0.5) is 0 Å². The Labute approximate surface area is 119 Å². The number of ether oxygens (including phenoxy) is 1. The van der Waals surface area contributed by atoms with Crippen LogP contribution < -0.4 is 0 Å². The van der Waals surface area contributed by atoms with Gasteiger partial charge in [0, 0.05) is 42.9 Å². The van der Waals surface area contributed by atoms with E-state index in [9.17, 15) is 0 Å². The van der Waals surface area contributed by atoms with Gasteiger partial charge in [0.2, 0.25) is 5.95 Å². The second-order valence-electron chi connectivity index (χ2n) is 5.21. The van der Waals surface area contributed by atoms with Gasteiger partial charge in [-0.2, -0.15) is 0 Å². The van der Waals surface area contributed by atoms with Crippen LogP contribution in [0.1, 0.15) is 17.1 Å². The maximum Gasteiger partial charge on any atom is 0.234 e. The van der Waals surface area contributed by atoms with Gasteiger partial charge in [0.1, 0.15) is 0 Å². The highest BCUT2D eigenvalue weighted by atomic mass is 16.5. The van der Waals surface area contributed by atoms with Gasteiger partial charge in [0.15, 0.2) is 0 Å². The Morgan fingerprint density at radius 1 is 1.15 bits per heavy atom. The first-order chi connectivity index (χ1) is 9.72. The standard InChI is InChI=1S/C15H20N4O/c1-12-10-13(2)17-15(16-12)19-5-3-4-14(19)11-18-6-8-20-9-7-18/h3-5,10H,6-9,11H2,1-2H3. The van der Waals surface area contributed by atoms with Crippen molar-refractivity contribution in [2.45, 2.75) is 20.4 Å². The van der Waals surface area contributed by atoms with E-state index >= 15 is 0 Å². The Hall–Kier alpha value is -1.72. The lowest BCUT2D eigenvalue weighted by atomic mass is 10.3. The third-order valence-electron chi connectivity index (χ3n) is 3.51. The fraction of sp³-hybridized carbons (Fsp3) is 0.467. The predicted octanol–water partition coefficient (Wildman–Crippen LogP) is 1.72. The quantitative estimate of drug-likeness (QED) is 0.853. The minimum absolute atomic E-state index is 0.760. The predicted molar refractivity (Wildman–Crippen MR) is 76.9 cm³/mol. The number of rotatable bonds is 3. The molecule has 1 saturated heterocycles. The molecule has 0 radical (unpaired) electrons. The lowest BCUT2D eigenvalue weighted by Gasteiger charge is -2.26. The topological polar surface area (TPSA) is 43.2 Å². The zero-order chi connectivity index (χ0) is 13.9. The molecule has 5 heteroatoms. The summed E-state index contributed by atoms with van der Waals surface area (Å²) >= 11 is 0. The Kier molecular flexibility index (Phi) is 3.80. The molecule has 2 aromatic rings. The van der Waals surface area contributed by atoms with Crippen LogP contribution >= 0.6 is 0 Å². The number of morpholine rings is 1. The summed E-state index contributed by atoms with van der Waals surface area (Å²) in [7, 11) is 0. The van der Waals surface area contributed by atoms with Crippen LogP contribution in [0.2, 0.25) is 0 Å². The molecule has 20 heavy (non-hydrogen) atoms. The van der Waals surface area contributed by atoms with Gasteiger partial charge in [-0.25, -0.2) is 9.97 Å². The molecule has 5 nitrogen and oxygen atoms in total. The largest absolute Gasteiger partial charge is 0.379 e. The van der Waals surface area contributed by atoms with E-state index in [1.807, 2.05) is 26.1 Å². The number of aryl methyl sites for hydroxylation is 2. The molecule has 0 spiro atoms. The normalized spacial score (nSPS) is 16.5. The third kappa shape index (κ3) is 2.89. The van der Waals surface area contributed by atoms with Crippen molar-refractivity contribution in [3.05, 3.63) is 41.5 Å². The van der Waals surface area contributed by atoms with Crippen molar-refractivity contribution >= 4 is 0 Å². The van der Waals surface area contributed by atoms with Gasteiger partial charge >= 0.3 is 0 Å². The molecule has 0 N–H and O–H groups in total. The van der Waals surface area contributed by atoms with E-state index < -0.39 is 0 Å². The zero-order valence-electron chi connectivity index (χ0n) is 12.0. The average Bonchev–Trinajstić information content (AvgIpc) is 2.87. The van der Waals surface area contributed by atoms with Crippen LogP contribution in [0.15, 0.2) is 24.4 Å². The van der Waals surface area contributed by atoms with Crippen LogP contribution in [0.5, 0.6) is 0 Å². The summed E-state index contributed by atoms with van der Waals surface area (Å²) in [6.45, 7) is 8.53. The lowest BCUT2D eigenvalue weighted by molar-refractivity contribution is 0.0334. The monoisotopic (exact) mass is 272 g/mol. The van der Waals surface area contributed by atoms with Crippen LogP contribution in [0.25, 0.3) is 5.95 Å². The second kappa shape index (κ2) is 5.73. The van der Waals surface area contributed by atoms with Gasteiger partial charge in [-0.15, -0.1) is 0 Å². The molecule has 0 unspecified atom stereocenters. The van der Waals surface area contributed by atoms with Gasteiger partial charge in [0.05, 0.1) is 13.2 Å². The highest BCUT2D eigenvalue weighted by Crippen LogP contribution is 2.13. The fourth-order valence-corrected chi connectivity index (χ4v) is 2.54. The fourth-order valence-electron chi connectivity index (χ4n) is 2.54. The SMILES string of the molecule is Cc1cc(C)nc(-n2cccc2CN2CCOCC2)n1. The molecule has 106 valence electrons. The molecule has 1 aliphatic heterocycles. The van der Waals surface area contributed by atoms with Crippen LogP contribution in [-0.2, 0) is 11.3 Å². The van der Waals surface area contributed by atoms with Crippen molar-refractivity contribution in [1.82, 2.24) is 19.4 Å². The molecule has 1 fully saturated rings. The van der Waals surface area contributed by atoms with Crippen molar-refractivity contribution in [2.75, 3.05) is 26.3 Å². The number of aromatic nitrogens is 3. The minimum atomic E-state index is 0.760. The van der Waals surface area contributed by atoms with E-state index in [-0.39, 0.29) is 0 Å². The number of hydrogen-bond acceptors (Lipinski definition) is 4. The first-order valence-electron chi connectivity index (χ1n) is 7.01. The molecule has 3 heterocycles. The molecular formula is C15H20N4O. The molecule has 2 aromatic heterocycles. The molecule has 3 rings (SSSR count). The van der Waals surface area contributed by atoms with E-state index in [0.717, 1.165) is 50.2 Å². The maximum atomic E-state index is 5.39. The minimum Gasteiger partial charge on any atom is -0.379 e. The van der Waals surface area contributed by atoms with E-state index in [2.05, 4.69) is 31.6 Å². The average molecular weight is 272 g/mol. The van der Waals surface area contributed by atoms with E-state index in [0.29, 0.717) is 0 Å². The van der Waals surface area contributed by atoms with E-state index in [1.54, 1.807) is 0 Å². The first-order valence-corrected chi connectivity index (χ1v) is 7.01. The van der Waals surface area contributed by atoms with Crippen molar-refractivity contribution < 1.29 is 4.74 Å². The molecule has 0 amide bonds. The van der Waals surface area contributed by atoms with Crippen molar-refractivity contribution in [3.8, 4) is 5.95 Å². The maximum absolute atomic E-state index is 5.39. The summed E-state index contributed by atoms with van der Waals surface area (Å²) in [5, 5.41) is 0. The first kappa shape index (κ1) is 13.3. The van der Waals surface area contributed by atoms with E-state index in [1.165, 1.54) is 5.69 Å². The van der Waals surface area contributed by atoms with E-state index in [4.69, 9.17) is 4.74 Å². The van der Waals surface area contributed by atoms with Crippen LogP contribution in [-0.4, -0.2) is 45.7 Å². The van der Waals surface area contributed by atoms with Gasteiger partial charge < -0.3 is 4.74 Å². The summed E-state index contributed by atoms with van der Waals surface area (Å²) < 4.78 is 7.47. The Morgan fingerprint density at radius 2 is 1.85 bits per heavy atom. The second-order valence-corrected chi connectivity index (χ2v) is 5.21. The number of nitrogens with zero attached hydrogens (tertiary/aromatic N) is 4. The Bertz CT molecular complexity index is 567. The van der Waals surface area contributed by atoms with Crippen molar-refractivity contribution in [2.24, 2.45) is 0 Å². The molecular weight excluding hydrogens is 252 g/mol. The molecule has 0 bridgehead atoms. The van der Waals surface area contributed by atoms with Gasteiger partial charge in [-0.1, -0.05) is 0 Å². The Balaban J connectivity index is 1.85. The van der Waals surface area contributed by atoms with Gasteiger partial charge in [-0.3, -0.25) is 9.47 Å². The summed E-state index contributed by atoms with van der Waals surface area (Å²) in [6.07, 6.45) is 2.03. The smallest absolute Gasteiger partial charge is 0.234 e. The molecule has 0 saturated carbocycles. The van der Waals surface area contributed by atoms with Gasteiger partial charge in [-0.05, 0) is 32.0 Å². The van der Waals surface area contributed by atoms with Crippen LogP contribution in [0, 0.1) is 13.8 Å². The lowest BCUT2D eigenvalue weighted by Crippen LogP contribution is -2.36. The van der Waals surface area contributed by atoms with Crippen LogP contribution in [0.3, 0.4) is 0 Å². The summed E-state index contributed by atoms with van der Waals surface area (Å²) in [5.74, 6) is 0.760. The summed E-state index contributed by atoms with van der Waals surface area (Å²) in [5.41, 5.74) is 3.22. The van der Waals surface area contributed by atoms with Crippen molar-refractivity contribution in [3.63, 3.8) is 0 Å². The summed E-state index contributed by atoms with van der Waals surface area (Å²) in [6, 6.07) is 6.18. The molecule has 0 aliphatic carbocycles. The highest BCUT2D eigenvalue weighted by Gasteiger charge is 2.14. The molecule has 0 aromatic carbocycles. The molecule has 0 atom stereocenters. The summed E-state index contributed by atoms with van der Waals surface area (Å²) in [4.78, 5) is 11.5.